The summed E-state index contributed by atoms with van der Waals surface area (Å²) in [4.78, 5) is 4.42. The molecular weight excluding hydrogens is 224 g/mol. The van der Waals surface area contributed by atoms with Gasteiger partial charge in [-0.05, 0) is 25.1 Å². The summed E-state index contributed by atoms with van der Waals surface area (Å²) >= 11 is 0. The van der Waals surface area contributed by atoms with Crippen LogP contribution in [-0.4, -0.2) is 14.8 Å². The van der Waals surface area contributed by atoms with Crippen molar-refractivity contribution in [2.75, 3.05) is 5.73 Å². The quantitative estimate of drug-likeness (QED) is 0.745. The number of nitrogen functional groups attached to an aromatic ring is 1. The molecule has 90 valence electrons. The molecule has 0 aliphatic carbocycles. The standard InChI is InChI=1S/C14H14N4/c1-10-6-7-18(17-10)9-12-8-11-4-2-3-5-13(11)16-14(12)15/h2-8H,9H2,1H3,(H2,15,16). The van der Waals surface area contributed by atoms with E-state index in [0.717, 1.165) is 22.2 Å². The summed E-state index contributed by atoms with van der Waals surface area (Å²) in [7, 11) is 0. The summed E-state index contributed by atoms with van der Waals surface area (Å²) in [5.41, 5.74) is 8.91. The zero-order valence-corrected chi connectivity index (χ0v) is 10.2. The highest BCUT2D eigenvalue weighted by Crippen LogP contribution is 2.18. The SMILES string of the molecule is Cc1ccn(Cc2cc3ccccc3nc2N)n1. The molecule has 4 nitrogen and oxygen atoms in total. The lowest BCUT2D eigenvalue weighted by molar-refractivity contribution is 0.680. The van der Waals surface area contributed by atoms with Crippen LogP contribution in [0.15, 0.2) is 42.6 Å². The number of nitrogens with zero attached hydrogens (tertiary/aromatic N) is 3. The molecule has 0 saturated carbocycles. The average molecular weight is 238 g/mol. The number of anilines is 1. The number of benzene rings is 1. The first-order chi connectivity index (χ1) is 8.72. The number of nitrogens with two attached hydrogens (primary N) is 1. The van der Waals surface area contributed by atoms with E-state index in [1.54, 1.807) is 0 Å². The number of aromatic nitrogens is 3. The van der Waals surface area contributed by atoms with Crippen LogP contribution in [0.5, 0.6) is 0 Å². The highest BCUT2D eigenvalue weighted by atomic mass is 15.3. The first-order valence-corrected chi connectivity index (χ1v) is 5.86. The topological polar surface area (TPSA) is 56.7 Å². The van der Waals surface area contributed by atoms with E-state index in [-0.39, 0.29) is 0 Å². The van der Waals surface area contributed by atoms with Gasteiger partial charge in [0.2, 0.25) is 0 Å². The number of hydrogen-bond acceptors (Lipinski definition) is 3. The van der Waals surface area contributed by atoms with Crippen LogP contribution in [-0.2, 0) is 6.54 Å². The second-order valence-corrected chi connectivity index (χ2v) is 4.38. The van der Waals surface area contributed by atoms with Crippen LogP contribution in [0.1, 0.15) is 11.3 Å². The fourth-order valence-corrected chi connectivity index (χ4v) is 2.03. The lowest BCUT2D eigenvalue weighted by Crippen LogP contribution is -2.05. The third-order valence-corrected chi connectivity index (χ3v) is 2.94. The fraction of sp³-hybridized carbons (Fsp3) is 0.143. The highest BCUT2D eigenvalue weighted by molar-refractivity contribution is 5.81. The van der Waals surface area contributed by atoms with Crippen LogP contribution < -0.4 is 5.73 Å². The van der Waals surface area contributed by atoms with Gasteiger partial charge in [0.15, 0.2) is 0 Å². The van der Waals surface area contributed by atoms with Gasteiger partial charge in [-0.2, -0.15) is 5.10 Å². The van der Waals surface area contributed by atoms with E-state index in [1.807, 2.05) is 48.1 Å². The second-order valence-electron chi connectivity index (χ2n) is 4.38. The maximum Gasteiger partial charge on any atom is 0.129 e. The molecule has 18 heavy (non-hydrogen) atoms. The van der Waals surface area contributed by atoms with Crippen molar-refractivity contribution in [3.8, 4) is 0 Å². The molecule has 2 heterocycles. The van der Waals surface area contributed by atoms with Crippen LogP contribution in [0.3, 0.4) is 0 Å². The van der Waals surface area contributed by atoms with E-state index >= 15 is 0 Å². The van der Waals surface area contributed by atoms with E-state index in [2.05, 4.69) is 16.1 Å². The lowest BCUT2D eigenvalue weighted by Gasteiger charge is -2.07. The molecule has 0 unspecified atom stereocenters. The molecule has 0 aliphatic rings. The predicted octanol–water partition coefficient (Wildman–Crippen LogP) is 2.37. The Kier molecular flexibility index (Phi) is 2.48. The van der Waals surface area contributed by atoms with Crippen molar-refractivity contribution in [1.82, 2.24) is 14.8 Å². The van der Waals surface area contributed by atoms with E-state index in [9.17, 15) is 0 Å². The number of aryl methyl sites for hydroxylation is 1. The second kappa shape index (κ2) is 4.14. The summed E-state index contributed by atoms with van der Waals surface area (Å²) in [6, 6.07) is 12.0. The fourth-order valence-electron chi connectivity index (χ4n) is 2.03. The average Bonchev–Trinajstić information content (AvgIpc) is 2.76. The van der Waals surface area contributed by atoms with Crippen LogP contribution in [0.25, 0.3) is 10.9 Å². The summed E-state index contributed by atoms with van der Waals surface area (Å²) in [5, 5.41) is 5.46. The first-order valence-electron chi connectivity index (χ1n) is 5.86. The smallest absolute Gasteiger partial charge is 0.129 e. The van der Waals surface area contributed by atoms with Crippen molar-refractivity contribution >= 4 is 16.7 Å². The minimum Gasteiger partial charge on any atom is -0.383 e. The highest BCUT2D eigenvalue weighted by Gasteiger charge is 2.05. The van der Waals surface area contributed by atoms with Gasteiger partial charge in [-0.1, -0.05) is 18.2 Å². The van der Waals surface area contributed by atoms with Crippen molar-refractivity contribution in [3.05, 3.63) is 53.9 Å². The van der Waals surface area contributed by atoms with Gasteiger partial charge in [0.25, 0.3) is 0 Å². The molecule has 0 bridgehead atoms. The third-order valence-electron chi connectivity index (χ3n) is 2.94. The summed E-state index contributed by atoms with van der Waals surface area (Å²) in [6.07, 6.45) is 1.95. The number of hydrogen-bond donors (Lipinski definition) is 1. The zero-order chi connectivity index (χ0) is 12.5. The Bertz CT molecular complexity index is 700. The molecule has 1 aromatic carbocycles. The zero-order valence-electron chi connectivity index (χ0n) is 10.2. The van der Waals surface area contributed by atoms with Crippen LogP contribution >= 0.6 is 0 Å². The Balaban J connectivity index is 2.03. The van der Waals surface area contributed by atoms with Gasteiger partial charge in [-0.3, -0.25) is 4.68 Å². The minimum absolute atomic E-state index is 0.571. The third kappa shape index (κ3) is 1.93. The van der Waals surface area contributed by atoms with Gasteiger partial charge in [0, 0.05) is 17.1 Å². The van der Waals surface area contributed by atoms with Gasteiger partial charge < -0.3 is 5.73 Å². The molecule has 3 aromatic rings. The van der Waals surface area contributed by atoms with Gasteiger partial charge in [-0.15, -0.1) is 0 Å². The minimum atomic E-state index is 0.571. The van der Waals surface area contributed by atoms with E-state index in [0.29, 0.717) is 12.4 Å². The molecule has 0 saturated heterocycles. The Morgan fingerprint density at radius 1 is 1.22 bits per heavy atom. The maximum absolute atomic E-state index is 5.99. The van der Waals surface area contributed by atoms with Crippen molar-refractivity contribution < 1.29 is 0 Å². The normalized spacial score (nSPS) is 10.9. The Morgan fingerprint density at radius 2 is 2.06 bits per heavy atom. The molecule has 0 atom stereocenters. The predicted molar refractivity (Wildman–Crippen MR) is 72.2 cm³/mol. The van der Waals surface area contributed by atoms with Crippen molar-refractivity contribution in [2.45, 2.75) is 13.5 Å². The molecule has 0 amide bonds. The Labute approximate surface area is 105 Å². The molecule has 4 heteroatoms. The molecule has 0 aliphatic heterocycles. The molecular formula is C14H14N4. The summed E-state index contributed by atoms with van der Waals surface area (Å²) in [5.74, 6) is 0.571. The van der Waals surface area contributed by atoms with Crippen molar-refractivity contribution in [3.63, 3.8) is 0 Å². The van der Waals surface area contributed by atoms with Gasteiger partial charge in [-0.25, -0.2) is 4.98 Å². The molecule has 0 radical (unpaired) electrons. The van der Waals surface area contributed by atoms with Crippen LogP contribution in [0.4, 0.5) is 5.82 Å². The molecule has 2 aromatic heterocycles. The molecule has 2 N–H and O–H groups in total. The van der Waals surface area contributed by atoms with E-state index < -0.39 is 0 Å². The number of pyridine rings is 1. The van der Waals surface area contributed by atoms with Gasteiger partial charge >= 0.3 is 0 Å². The molecule has 0 fully saturated rings. The largest absolute Gasteiger partial charge is 0.383 e. The van der Waals surface area contributed by atoms with E-state index in [1.165, 1.54) is 0 Å². The summed E-state index contributed by atoms with van der Waals surface area (Å²) < 4.78 is 1.87. The number of para-hydroxylation sites is 1. The van der Waals surface area contributed by atoms with Crippen molar-refractivity contribution in [1.29, 1.82) is 0 Å². The van der Waals surface area contributed by atoms with Crippen molar-refractivity contribution in [2.24, 2.45) is 0 Å². The lowest BCUT2D eigenvalue weighted by atomic mass is 10.1. The van der Waals surface area contributed by atoms with Gasteiger partial charge in [0.05, 0.1) is 17.8 Å². The van der Waals surface area contributed by atoms with Crippen LogP contribution in [0, 0.1) is 6.92 Å². The number of rotatable bonds is 2. The van der Waals surface area contributed by atoms with Gasteiger partial charge in [0.1, 0.15) is 5.82 Å². The maximum atomic E-state index is 5.99. The Morgan fingerprint density at radius 3 is 2.83 bits per heavy atom. The van der Waals surface area contributed by atoms with E-state index in [4.69, 9.17) is 5.73 Å². The summed E-state index contributed by atoms with van der Waals surface area (Å²) in [6.45, 7) is 2.62. The van der Waals surface area contributed by atoms with Crippen LogP contribution in [0.2, 0.25) is 0 Å². The number of fused-ring (bicyclic) bond motifs is 1. The molecule has 3 rings (SSSR count). The first kappa shape index (κ1) is 10.8. The Hall–Kier alpha value is -2.36. The molecule has 0 spiro atoms. The monoisotopic (exact) mass is 238 g/mol.